The summed E-state index contributed by atoms with van der Waals surface area (Å²) in [6.07, 6.45) is 3.96. The topological polar surface area (TPSA) is 74.3 Å². The first-order valence-electron chi connectivity index (χ1n) is 11.3. The molecule has 1 aromatic heterocycles. The highest BCUT2D eigenvalue weighted by atomic mass is 16.5. The molecule has 0 unspecified atom stereocenters. The lowest BCUT2D eigenvalue weighted by Gasteiger charge is -2.36. The summed E-state index contributed by atoms with van der Waals surface area (Å²) in [5.41, 5.74) is 1.15. The Kier molecular flexibility index (Phi) is 9.43. The van der Waals surface area contributed by atoms with Gasteiger partial charge in [0.1, 0.15) is 17.3 Å². The van der Waals surface area contributed by atoms with Crippen LogP contribution in [-0.2, 0) is 6.54 Å². The molecule has 1 aliphatic heterocycles. The number of piperazine rings is 1. The lowest BCUT2D eigenvalue weighted by Crippen LogP contribution is -2.52. The molecular formula is C24H36N6O2. The van der Waals surface area contributed by atoms with Gasteiger partial charge in [0.05, 0.1) is 14.2 Å². The summed E-state index contributed by atoms with van der Waals surface area (Å²) in [6.45, 7) is 6.55. The SMILES string of the molecule is CN=C(NCCCCNc1ccccn1)N1CCN(Cc2cc(OC)ccc2OC)CC1. The Hall–Kier alpha value is -3.00. The van der Waals surface area contributed by atoms with Gasteiger partial charge in [0.25, 0.3) is 0 Å². The second-order valence-electron chi connectivity index (χ2n) is 7.76. The summed E-state index contributed by atoms with van der Waals surface area (Å²) in [5, 5.41) is 6.86. The van der Waals surface area contributed by atoms with Crippen molar-refractivity contribution in [3.63, 3.8) is 0 Å². The number of pyridine rings is 1. The van der Waals surface area contributed by atoms with E-state index in [0.29, 0.717) is 0 Å². The standard InChI is InChI=1S/C24H36N6O2/c1-25-24(28-13-7-6-12-27-23-8-4-5-11-26-23)30-16-14-29(15-17-30)19-20-18-21(31-2)9-10-22(20)32-3/h4-5,8-11,18H,6-7,12-17,19H2,1-3H3,(H,25,28)(H,26,27). The van der Waals surface area contributed by atoms with Gasteiger partial charge in [-0.05, 0) is 43.2 Å². The normalized spacial score (nSPS) is 14.8. The molecule has 1 saturated heterocycles. The van der Waals surface area contributed by atoms with Crippen molar-refractivity contribution in [1.82, 2.24) is 20.1 Å². The van der Waals surface area contributed by atoms with Crippen LogP contribution in [0.3, 0.4) is 0 Å². The largest absolute Gasteiger partial charge is 0.497 e. The molecule has 0 atom stereocenters. The van der Waals surface area contributed by atoms with Crippen molar-refractivity contribution in [2.75, 3.05) is 65.9 Å². The Labute approximate surface area is 191 Å². The minimum Gasteiger partial charge on any atom is -0.497 e. The first kappa shape index (κ1) is 23.7. The fourth-order valence-corrected chi connectivity index (χ4v) is 3.83. The van der Waals surface area contributed by atoms with Crippen LogP contribution in [0.5, 0.6) is 11.5 Å². The number of nitrogens with one attached hydrogen (secondary N) is 2. The number of methoxy groups -OCH3 is 2. The van der Waals surface area contributed by atoms with Crippen molar-refractivity contribution in [2.24, 2.45) is 4.99 Å². The number of ether oxygens (including phenoxy) is 2. The van der Waals surface area contributed by atoms with E-state index < -0.39 is 0 Å². The molecule has 8 nitrogen and oxygen atoms in total. The zero-order chi connectivity index (χ0) is 22.6. The smallest absolute Gasteiger partial charge is 0.193 e. The van der Waals surface area contributed by atoms with Gasteiger partial charge in [0.2, 0.25) is 0 Å². The van der Waals surface area contributed by atoms with Gasteiger partial charge in [-0.2, -0.15) is 0 Å². The maximum Gasteiger partial charge on any atom is 0.193 e. The third-order valence-corrected chi connectivity index (χ3v) is 5.62. The van der Waals surface area contributed by atoms with Gasteiger partial charge in [-0.1, -0.05) is 6.07 Å². The summed E-state index contributed by atoms with van der Waals surface area (Å²) in [6, 6.07) is 11.9. The van der Waals surface area contributed by atoms with Gasteiger partial charge in [-0.3, -0.25) is 9.89 Å². The Morgan fingerprint density at radius 2 is 1.84 bits per heavy atom. The fourth-order valence-electron chi connectivity index (χ4n) is 3.83. The molecule has 2 heterocycles. The number of aliphatic imine (C=N–C) groups is 1. The van der Waals surface area contributed by atoms with Crippen molar-refractivity contribution < 1.29 is 9.47 Å². The highest BCUT2D eigenvalue weighted by molar-refractivity contribution is 5.79. The van der Waals surface area contributed by atoms with Crippen molar-refractivity contribution in [3.05, 3.63) is 48.2 Å². The Bertz CT molecular complexity index is 838. The van der Waals surface area contributed by atoms with Gasteiger partial charge >= 0.3 is 0 Å². The molecule has 0 aliphatic carbocycles. The number of aromatic nitrogens is 1. The van der Waals surface area contributed by atoms with Crippen molar-refractivity contribution in [1.29, 1.82) is 0 Å². The maximum atomic E-state index is 5.53. The number of hydrogen-bond acceptors (Lipinski definition) is 6. The van der Waals surface area contributed by atoms with Crippen molar-refractivity contribution >= 4 is 11.8 Å². The van der Waals surface area contributed by atoms with Crippen LogP contribution in [0.1, 0.15) is 18.4 Å². The van der Waals surface area contributed by atoms with Gasteiger partial charge < -0.3 is 25.0 Å². The average Bonchev–Trinajstić information content (AvgIpc) is 2.85. The van der Waals surface area contributed by atoms with E-state index in [-0.39, 0.29) is 0 Å². The number of unbranched alkanes of at least 4 members (excludes halogenated alkanes) is 1. The number of nitrogens with zero attached hydrogens (tertiary/aromatic N) is 4. The summed E-state index contributed by atoms with van der Waals surface area (Å²) < 4.78 is 10.9. The molecule has 2 aromatic rings. The number of rotatable bonds is 10. The van der Waals surface area contributed by atoms with Crippen LogP contribution < -0.4 is 20.1 Å². The predicted molar refractivity (Wildman–Crippen MR) is 130 cm³/mol. The highest BCUT2D eigenvalue weighted by Crippen LogP contribution is 2.25. The van der Waals surface area contributed by atoms with E-state index in [1.807, 2.05) is 37.4 Å². The summed E-state index contributed by atoms with van der Waals surface area (Å²) >= 11 is 0. The second kappa shape index (κ2) is 12.8. The fraction of sp³-hybridized carbons (Fsp3) is 0.500. The van der Waals surface area contributed by atoms with Crippen LogP contribution in [0.2, 0.25) is 0 Å². The predicted octanol–water partition coefficient (Wildman–Crippen LogP) is 2.68. The van der Waals surface area contributed by atoms with Gasteiger partial charge in [0.15, 0.2) is 5.96 Å². The monoisotopic (exact) mass is 440 g/mol. The molecule has 0 saturated carbocycles. The lowest BCUT2D eigenvalue weighted by molar-refractivity contribution is 0.171. The summed E-state index contributed by atoms with van der Waals surface area (Å²) in [7, 11) is 5.27. The summed E-state index contributed by atoms with van der Waals surface area (Å²) in [5.74, 6) is 3.68. The van der Waals surface area contributed by atoms with Crippen LogP contribution in [-0.4, -0.2) is 81.3 Å². The van der Waals surface area contributed by atoms with Gasteiger partial charge in [-0.15, -0.1) is 0 Å². The average molecular weight is 441 g/mol. The van der Waals surface area contributed by atoms with Crippen LogP contribution >= 0.6 is 0 Å². The Morgan fingerprint density at radius 1 is 1.03 bits per heavy atom. The first-order chi connectivity index (χ1) is 15.7. The second-order valence-corrected chi connectivity index (χ2v) is 7.76. The molecule has 174 valence electrons. The van der Waals surface area contributed by atoms with Crippen molar-refractivity contribution in [2.45, 2.75) is 19.4 Å². The molecule has 1 fully saturated rings. The van der Waals surface area contributed by atoms with E-state index in [9.17, 15) is 0 Å². The Morgan fingerprint density at radius 3 is 2.53 bits per heavy atom. The quantitative estimate of drug-likeness (QED) is 0.334. The zero-order valence-corrected chi connectivity index (χ0v) is 19.5. The molecule has 1 aliphatic rings. The van der Waals surface area contributed by atoms with E-state index in [4.69, 9.17) is 9.47 Å². The van der Waals surface area contributed by atoms with E-state index in [1.54, 1.807) is 20.4 Å². The van der Waals surface area contributed by atoms with Gasteiger partial charge in [0, 0.05) is 64.6 Å². The highest BCUT2D eigenvalue weighted by Gasteiger charge is 2.20. The molecule has 3 rings (SSSR count). The zero-order valence-electron chi connectivity index (χ0n) is 19.5. The van der Waals surface area contributed by atoms with E-state index in [2.05, 4.69) is 36.5 Å². The number of anilines is 1. The molecule has 0 radical (unpaired) electrons. The third-order valence-electron chi connectivity index (χ3n) is 5.62. The molecular weight excluding hydrogens is 404 g/mol. The van der Waals surface area contributed by atoms with Gasteiger partial charge in [-0.25, -0.2) is 4.98 Å². The third kappa shape index (κ3) is 7.02. The molecule has 1 aromatic carbocycles. The van der Waals surface area contributed by atoms with Crippen LogP contribution in [0.4, 0.5) is 5.82 Å². The number of benzene rings is 1. The maximum absolute atomic E-state index is 5.53. The minimum absolute atomic E-state index is 0.851. The number of hydrogen-bond donors (Lipinski definition) is 2. The number of guanidine groups is 1. The molecule has 0 amide bonds. The molecule has 8 heteroatoms. The Balaban J connectivity index is 1.37. The first-order valence-corrected chi connectivity index (χ1v) is 11.3. The summed E-state index contributed by atoms with van der Waals surface area (Å²) in [4.78, 5) is 13.6. The van der Waals surface area contributed by atoms with Crippen LogP contribution in [0.15, 0.2) is 47.6 Å². The molecule has 0 spiro atoms. The minimum atomic E-state index is 0.851. The van der Waals surface area contributed by atoms with E-state index in [1.165, 1.54) is 0 Å². The lowest BCUT2D eigenvalue weighted by atomic mass is 10.1. The van der Waals surface area contributed by atoms with Crippen LogP contribution in [0.25, 0.3) is 0 Å². The molecule has 32 heavy (non-hydrogen) atoms. The van der Waals surface area contributed by atoms with Crippen molar-refractivity contribution in [3.8, 4) is 11.5 Å². The van der Waals surface area contributed by atoms with E-state index >= 15 is 0 Å². The van der Waals surface area contributed by atoms with E-state index in [0.717, 1.165) is 87.5 Å². The van der Waals surface area contributed by atoms with Crippen LogP contribution in [0, 0.1) is 0 Å². The molecule has 0 bridgehead atoms. The molecule has 2 N–H and O–H groups in total.